The fourth-order valence-electron chi connectivity index (χ4n) is 2.98. The van der Waals surface area contributed by atoms with Crippen molar-refractivity contribution in [2.75, 3.05) is 6.61 Å². The van der Waals surface area contributed by atoms with Crippen molar-refractivity contribution >= 4 is 46.9 Å². The van der Waals surface area contributed by atoms with Gasteiger partial charge in [0.2, 0.25) is 0 Å². The van der Waals surface area contributed by atoms with Crippen LogP contribution in [-0.4, -0.2) is 47.3 Å². The van der Waals surface area contributed by atoms with Crippen LogP contribution in [0.15, 0.2) is 12.1 Å². The summed E-state index contributed by atoms with van der Waals surface area (Å²) >= 11 is 11.8. The number of hydrogen-bond acceptors (Lipinski definition) is 5. The molecule has 1 fully saturated rings. The van der Waals surface area contributed by atoms with Gasteiger partial charge in [0.25, 0.3) is 17.7 Å². The number of nitrogens with one attached hydrogen (secondary N) is 1. The van der Waals surface area contributed by atoms with Crippen LogP contribution in [0.2, 0.25) is 10.0 Å². The summed E-state index contributed by atoms with van der Waals surface area (Å²) in [6.45, 7) is 2.79. The maximum atomic E-state index is 12.5. The number of carbonyl (C=O) groups is 4. The van der Waals surface area contributed by atoms with E-state index in [9.17, 15) is 19.2 Å². The monoisotopic (exact) mass is 412 g/mol. The van der Waals surface area contributed by atoms with Crippen LogP contribution in [0.1, 0.15) is 47.4 Å². The number of nitrogens with zero attached hydrogens (tertiary/aromatic N) is 1. The molecule has 1 aliphatic heterocycles. The lowest BCUT2D eigenvalue weighted by Gasteiger charge is -2.21. The summed E-state index contributed by atoms with van der Waals surface area (Å²) in [5.41, 5.74) is 0.148. The molecule has 3 amide bonds. The highest BCUT2D eigenvalue weighted by molar-refractivity contribution is 6.43. The van der Waals surface area contributed by atoms with E-state index in [1.807, 2.05) is 6.92 Å². The third-order valence-corrected chi connectivity index (χ3v) is 5.47. The summed E-state index contributed by atoms with van der Waals surface area (Å²) in [5, 5.41) is 3.03. The molecule has 1 aromatic rings. The lowest BCUT2D eigenvalue weighted by Crippen LogP contribution is -2.45. The summed E-state index contributed by atoms with van der Waals surface area (Å²) in [6, 6.07) is 1.43. The Hall–Kier alpha value is -2.12. The Kier molecular flexibility index (Phi) is 5.44. The van der Waals surface area contributed by atoms with Crippen molar-refractivity contribution in [1.29, 1.82) is 0 Å². The molecule has 9 heteroatoms. The number of benzene rings is 1. The summed E-state index contributed by atoms with van der Waals surface area (Å²) < 4.78 is 4.97. The maximum Gasteiger partial charge on any atom is 0.329 e. The van der Waals surface area contributed by atoms with E-state index < -0.39 is 36.3 Å². The highest BCUT2D eigenvalue weighted by atomic mass is 35.5. The van der Waals surface area contributed by atoms with Crippen LogP contribution in [0.5, 0.6) is 0 Å². The first-order chi connectivity index (χ1) is 12.7. The van der Waals surface area contributed by atoms with Gasteiger partial charge in [-0.3, -0.25) is 19.3 Å². The van der Waals surface area contributed by atoms with Gasteiger partial charge in [-0.2, -0.15) is 0 Å². The molecule has 0 spiro atoms. The molecule has 1 aliphatic carbocycles. The second-order valence-electron chi connectivity index (χ2n) is 6.77. The normalized spacial score (nSPS) is 18.1. The second-order valence-corrected chi connectivity index (χ2v) is 7.58. The molecule has 2 aliphatic rings. The highest BCUT2D eigenvalue weighted by Crippen LogP contribution is 2.33. The van der Waals surface area contributed by atoms with Crippen molar-refractivity contribution in [3.05, 3.63) is 33.3 Å². The van der Waals surface area contributed by atoms with Gasteiger partial charge in [-0.1, -0.05) is 23.2 Å². The standard InChI is InChI=1S/C18H18Cl2N2O5/c1-8(10-3-4-10)21-15(23)7-27-18(26)9(2)22-16(24)11-5-13(19)14(20)6-12(11)17(22)25/h5-6,8-10H,3-4,7H2,1-2H3,(H,21,23)/t8-,9+/m1/s1. The molecule has 0 aromatic heterocycles. The average Bonchev–Trinajstić information content (AvgIpc) is 3.43. The van der Waals surface area contributed by atoms with Crippen LogP contribution in [0, 0.1) is 5.92 Å². The number of esters is 1. The average molecular weight is 413 g/mol. The van der Waals surface area contributed by atoms with Crippen molar-refractivity contribution in [2.45, 2.75) is 38.8 Å². The zero-order chi connectivity index (χ0) is 19.9. The predicted molar refractivity (Wildman–Crippen MR) is 97.7 cm³/mol. The molecule has 1 N–H and O–H groups in total. The summed E-state index contributed by atoms with van der Waals surface area (Å²) in [4.78, 5) is 49.9. The van der Waals surface area contributed by atoms with Gasteiger partial charge < -0.3 is 10.1 Å². The van der Waals surface area contributed by atoms with E-state index in [4.69, 9.17) is 27.9 Å². The summed E-state index contributed by atoms with van der Waals surface area (Å²) in [6.07, 6.45) is 2.15. The van der Waals surface area contributed by atoms with E-state index in [2.05, 4.69) is 5.32 Å². The molecule has 1 saturated carbocycles. The van der Waals surface area contributed by atoms with Crippen molar-refractivity contribution in [2.24, 2.45) is 5.92 Å². The Morgan fingerprint density at radius 2 is 1.67 bits per heavy atom. The van der Waals surface area contributed by atoms with Crippen LogP contribution < -0.4 is 5.32 Å². The van der Waals surface area contributed by atoms with Gasteiger partial charge in [-0.25, -0.2) is 4.79 Å². The quantitative estimate of drug-likeness (QED) is 0.571. The van der Waals surface area contributed by atoms with Gasteiger partial charge >= 0.3 is 5.97 Å². The molecule has 0 radical (unpaired) electrons. The number of carbonyl (C=O) groups excluding carboxylic acids is 4. The third-order valence-electron chi connectivity index (χ3n) is 4.75. The molecular formula is C18H18Cl2N2O5. The fourth-order valence-corrected chi connectivity index (χ4v) is 3.30. The smallest absolute Gasteiger partial charge is 0.329 e. The third kappa shape index (κ3) is 3.94. The number of imide groups is 1. The minimum Gasteiger partial charge on any atom is -0.454 e. The topological polar surface area (TPSA) is 92.8 Å². The van der Waals surface area contributed by atoms with Gasteiger partial charge in [-0.15, -0.1) is 0 Å². The Morgan fingerprint density at radius 1 is 1.15 bits per heavy atom. The minimum absolute atomic E-state index is 0.0272. The van der Waals surface area contributed by atoms with Gasteiger partial charge in [0.1, 0.15) is 6.04 Å². The zero-order valence-corrected chi connectivity index (χ0v) is 16.3. The molecule has 0 bridgehead atoms. The number of hydrogen-bond donors (Lipinski definition) is 1. The molecule has 2 atom stereocenters. The Morgan fingerprint density at radius 3 is 2.15 bits per heavy atom. The van der Waals surface area contributed by atoms with E-state index >= 15 is 0 Å². The largest absolute Gasteiger partial charge is 0.454 e. The van der Waals surface area contributed by atoms with Crippen molar-refractivity contribution < 1.29 is 23.9 Å². The number of rotatable bonds is 6. The molecule has 144 valence electrons. The summed E-state index contributed by atoms with van der Waals surface area (Å²) in [5.74, 6) is -2.12. The first-order valence-corrected chi connectivity index (χ1v) is 9.29. The van der Waals surface area contributed by atoms with Crippen LogP contribution in [0.3, 0.4) is 0 Å². The van der Waals surface area contributed by atoms with Crippen LogP contribution in [0.25, 0.3) is 0 Å². The minimum atomic E-state index is -1.19. The first kappa shape index (κ1) is 19.6. The Bertz CT molecular complexity index is 796. The highest BCUT2D eigenvalue weighted by Gasteiger charge is 2.42. The van der Waals surface area contributed by atoms with Crippen LogP contribution >= 0.6 is 23.2 Å². The lowest BCUT2D eigenvalue weighted by molar-refractivity contribution is -0.152. The van der Waals surface area contributed by atoms with Crippen LogP contribution in [0.4, 0.5) is 0 Å². The lowest BCUT2D eigenvalue weighted by atomic mass is 10.1. The van der Waals surface area contributed by atoms with E-state index in [1.54, 1.807) is 0 Å². The number of fused-ring (bicyclic) bond motifs is 1. The molecule has 3 rings (SSSR count). The zero-order valence-electron chi connectivity index (χ0n) is 14.8. The second kappa shape index (κ2) is 7.48. The maximum absolute atomic E-state index is 12.5. The Balaban J connectivity index is 1.62. The predicted octanol–water partition coefficient (Wildman–Crippen LogP) is 2.44. The molecule has 1 heterocycles. The van der Waals surface area contributed by atoms with Crippen molar-refractivity contribution in [3.8, 4) is 0 Å². The first-order valence-electron chi connectivity index (χ1n) is 8.53. The van der Waals surface area contributed by atoms with Gasteiger partial charge in [0.15, 0.2) is 6.61 Å². The summed E-state index contributed by atoms with van der Waals surface area (Å²) in [7, 11) is 0. The van der Waals surface area contributed by atoms with Crippen molar-refractivity contribution in [3.63, 3.8) is 0 Å². The van der Waals surface area contributed by atoms with E-state index in [0.29, 0.717) is 5.92 Å². The number of amides is 3. The molecule has 0 saturated heterocycles. The SMILES string of the molecule is C[C@@H](NC(=O)COC(=O)[C@H](C)N1C(=O)c2cc(Cl)c(Cl)cc2C1=O)C1CC1. The van der Waals surface area contributed by atoms with Crippen LogP contribution in [-0.2, 0) is 14.3 Å². The van der Waals surface area contributed by atoms with E-state index in [1.165, 1.54) is 19.1 Å². The molecular weight excluding hydrogens is 395 g/mol. The number of ether oxygens (including phenoxy) is 1. The van der Waals surface area contributed by atoms with E-state index in [-0.39, 0.29) is 27.2 Å². The molecule has 0 unspecified atom stereocenters. The van der Waals surface area contributed by atoms with E-state index in [0.717, 1.165) is 17.7 Å². The molecule has 1 aromatic carbocycles. The van der Waals surface area contributed by atoms with Gasteiger partial charge in [0, 0.05) is 6.04 Å². The molecule has 7 nitrogen and oxygen atoms in total. The molecule has 27 heavy (non-hydrogen) atoms. The fraction of sp³-hybridized carbons (Fsp3) is 0.444. The van der Waals surface area contributed by atoms with Gasteiger partial charge in [-0.05, 0) is 44.7 Å². The van der Waals surface area contributed by atoms with Crippen molar-refractivity contribution in [1.82, 2.24) is 10.2 Å². The number of halogens is 2. The van der Waals surface area contributed by atoms with Gasteiger partial charge in [0.05, 0.1) is 21.2 Å². The Labute approximate surface area is 165 Å².